The van der Waals surface area contributed by atoms with Gasteiger partial charge in [-0.2, -0.15) is 0 Å². The summed E-state index contributed by atoms with van der Waals surface area (Å²) in [6.07, 6.45) is 3.04. The Labute approximate surface area is 271 Å². The highest BCUT2D eigenvalue weighted by Gasteiger charge is 2.21. The molecule has 0 aliphatic heterocycles. The van der Waals surface area contributed by atoms with Crippen LogP contribution in [0.1, 0.15) is 28.7 Å². The summed E-state index contributed by atoms with van der Waals surface area (Å²) in [5, 5.41) is 18.8. The number of fused-ring (bicyclic) bond motifs is 1. The molecule has 0 saturated heterocycles. The Kier molecular flexibility index (Phi) is 11.7. The van der Waals surface area contributed by atoms with E-state index in [1.54, 1.807) is 38.5 Å². The van der Waals surface area contributed by atoms with Crippen LogP contribution in [0.15, 0.2) is 108 Å². The van der Waals surface area contributed by atoms with Crippen LogP contribution < -0.4 is 14.2 Å². The number of hydrogen-bond donors (Lipinski definition) is 4. The van der Waals surface area contributed by atoms with E-state index in [1.165, 1.54) is 33.5 Å². The number of benzene rings is 4. The second-order valence-electron chi connectivity index (χ2n) is 10.8. The maximum Gasteiger partial charge on any atom is 0.240 e. The molecule has 0 amide bonds. The fraction of sp³-hybridized carbons (Fsp3) is 0.222. The lowest BCUT2D eigenvalue weighted by molar-refractivity contribution is 0.387. The number of aromatic amines is 1. The molecule has 46 heavy (non-hydrogen) atoms. The fourth-order valence-electron chi connectivity index (χ4n) is 4.83. The molecular weight excluding hydrogens is 598 g/mol. The van der Waals surface area contributed by atoms with Crippen LogP contribution in [-0.2, 0) is 23.0 Å². The summed E-state index contributed by atoms with van der Waals surface area (Å²) >= 11 is 0. The molecular formula is C36H41N5O4S. The normalized spacial score (nSPS) is 11.0. The van der Waals surface area contributed by atoms with Gasteiger partial charge in [-0.1, -0.05) is 66.2 Å². The third-order valence-corrected chi connectivity index (χ3v) is 8.94. The van der Waals surface area contributed by atoms with Crippen LogP contribution in [0, 0.1) is 24.7 Å². The summed E-state index contributed by atoms with van der Waals surface area (Å²) in [5.74, 6) is 1.35. The number of nitrogens with one attached hydrogen (secondary N) is 4. The molecule has 0 radical (unpaired) electrons. The minimum Gasteiger partial charge on any atom is -0.497 e. The molecule has 1 heterocycles. The third-order valence-electron chi connectivity index (χ3n) is 7.52. The summed E-state index contributed by atoms with van der Waals surface area (Å²) in [5.41, 5.74) is 5.31. The van der Waals surface area contributed by atoms with Gasteiger partial charge in [0.25, 0.3) is 0 Å². The van der Waals surface area contributed by atoms with Gasteiger partial charge in [0.2, 0.25) is 10.0 Å². The van der Waals surface area contributed by atoms with Crippen molar-refractivity contribution in [2.75, 3.05) is 20.8 Å². The zero-order valence-electron chi connectivity index (χ0n) is 26.6. The third kappa shape index (κ3) is 9.06. The molecule has 4 N–H and O–H groups in total. The molecule has 5 aromatic rings. The monoisotopic (exact) mass is 639 g/mol. The Morgan fingerprint density at radius 1 is 0.848 bits per heavy atom. The Morgan fingerprint density at radius 3 is 2.22 bits per heavy atom. The average Bonchev–Trinajstić information content (AvgIpc) is 3.46. The number of amidine groups is 2. The summed E-state index contributed by atoms with van der Waals surface area (Å²) in [4.78, 5) is 4.82. The molecule has 1 aromatic heterocycles. The van der Waals surface area contributed by atoms with Crippen LogP contribution in [0.25, 0.3) is 10.9 Å². The van der Waals surface area contributed by atoms with Gasteiger partial charge in [0.05, 0.1) is 32.2 Å². The standard InChI is InChI=1S/C27H32N4O4S.C9H9N/c1-20-9-14-24(15-10-20)36(32,33)30-18-27(29)31(26(28)16-11-21-7-5-4-6-8-21)19-22-12-13-23(34-2)17-25(22)35-3;1-7-6-10-9-5-3-2-4-8(7)9/h4-10,12-15,17,28-30H,11,16,18-19H2,1-3H3;2-6,10H,1H3. The van der Waals surface area contributed by atoms with Crippen molar-refractivity contribution in [3.05, 3.63) is 126 Å². The van der Waals surface area contributed by atoms with Gasteiger partial charge >= 0.3 is 0 Å². The van der Waals surface area contributed by atoms with Gasteiger partial charge in [-0.05, 0) is 61.7 Å². The lowest BCUT2D eigenvalue weighted by atomic mass is 10.1. The first kappa shape index (κ1) is 34.0. The number of aryl methyl sites for hydroxylation is 3. The van der Waals surface area contributed by atoms with E-state index in [0.29, 0.717) is 24.3 Å². The van der Waals surface area contributed by atoms with E-state index in [4.69, 9.17) is 20.3 Å². The van der Waals surface area contributed by atoms with Crippen molar-refractivity contribution in [1.82, 2.24) is 14.6 Å². The van der Waals surface area contributed by atoms with Gasteiger partial charge in [-0.15, -0.1) is 0 Å². The van der Waals surface area contributed by atoms with Crippen molar-refractivity contribution < 1.29 is 17.9 Å². The first-order valence-corrected chi connectivity index (χ1v) is 16.4. The largest absolute Gasteiger partial charge is 0.497 e. The Balaban J connectivity index is 0.000000402. The Hall–Kier alpha value is -4.93. The quantitative estimate of drug-likeness (QED) is 0.0927. The van der Waals surface area contributed by atoms with Crippen LogP contribution in [0.4, 0.5) is 0 Å². The molecule has 10 heteroatoms. The molecule has 0 unspecified atom stereocenters. The average molecular weight is 640 g/mol. The van der Waals surface area contributed by atoms with E-state index in [-0.39, 0.29) is 29.7 Å². The van der Waals surface area contributed by atoms with E-state index in [1.807, 2.05) is 55.6 Å². The van der Waals surface area contributed by atoms with Crippen LogP contribution in [-0.4, -0.2) is 50.7 Å². The Bertz CT molecular complexity index is 1870. The lowest BCUT2D eigenvalue weighted by Gasteiger charge is -2.27. The molecule has 240 valence electrons. The second-order valence-corrected chi connectivity index (χ2v) is 12.6. The number of H-pyrrole nitrogens is 1. The van der Waals surface area contributed by atoms with Crippen molar-refractivity contribution in [3.63, 3.8) is 0 Å². The van der Waals surface area contributed by atoms with E-state index >= 15 is 0 Å². The summed E-state index contributed by atoms with van der Waals surface area (Å²) in [6, 6.07) is 30.0. The van der Waals surface area contributed by atoms with E-state index in [2.05, 4.69) is 34.8 Å². The van der Waals surface area contributed by atoms with Gasteiger partial charge in [0, 0.05) is 35.2 Å². The first-order valence-electron chi connectivity index (χ1n) is 14.9. The number of methoxy groups -OCH3 is 2. The highest BCUT2D eigenvalue weighted by molar-refractivity contribution is 7.89. The molecule has 4 aromatic carbocycles. The van der Waals surface area contributed by atoms with Crippen molar-refractivity contribution in [2.24, 2.45) is 0 Å². The van der Waals surface area contributed by atoms with Crippen LogP contribution in [0.2, 0.25) is 0 Å². The molecule has 0 spiro atoms. The fourth-order valence-corrected chi connectivity index (χ4v) is 5.81. The van der Waals surface area contributed by atoms with E-state index in [9.17, 15) is 8.42 Å². The van der Waals surface area contributed by atoms with Crippen molar-refractivity contribution >= 4 is 32.6 Å². The highest BCUT2D eigenvalue weighted by atomic mass is 32.2. The number of para-hydroxylation sites is 1. The van der Waals surface area contributed by atoms with Crippen LogP contribution in [0.5, 0.6) is 11.5 Å². The van der Waals surface area contributed by atoms with Crippen molar-refractivity contribution in [1.29, 1.82) is 10.8 Å². The van der Waals surface area contributed by atoms with Gasteiger partial charge in [-0.3, -0.25) is 10.8 Å². The topological polar surface area (TPSA) is 131 Å². The predicted octanol–water partition coefficient (Wildman–Crippen LogP) is 6.86. The smallest absolute Gasteiger partial charge is 0.240 e. The number of aromatic nitrogens is 1. The van der Waals surface area contributed by atoms with Crippen molar-refractivity contribution in [2.45, 2.75) is 38.1 Å². The minimum absolute atomic E-state index is 0.0402. The molecule has 5 rings (SSSR count). The molecule has 0 aliphatic rings. The van der Waals surface area contributed by atoms with Crippen LogP contribution >= 0.6 is 0 Å². The molecule has 0 atom stereocenters. The zero-order valence-corrected chi connectivity index (χ0v) is 27.4. The highest BCUT2D eigenvalue weighted by Crippen LogP contribution is 2.26. The molecule has 0 aliphatic carbocycles. The summed E-state index contributed by atoms with van der Waals surface area (Å²) < 4.78 is 38.8. The number of rotatable bonds is 11. The Morgan fingerprint density at radius 2 is 1.54 bits per heavy atom. The summed E-state index contributed by atoms with van der Waals surface area (Å²) in [7, 11) is -0.699. The number of hydrogen-bond acceptors (Lipinski definition) is 6. The molecule has 0 fully saturated rings. The number of sulfonamides is 1. The number of nitrogens with zero attached hydrogens (tertiary/aromatic N) is 1. The second kappa shape index (κ2) is 15.9. The zero-order chi connectivity index (χ0) is 33.1. The number of ether oxygens (including phenoxy) is 2. The van der Waals surface area contributed by atoms with Crippen LogP contribution in [0.3, 0.4) is 0 Å². The molecule has 0 bridgehead atoms. The van der Waals surface area contributed by atoms with E-state index in [0.717, 1.165) is 16.7 Å². The van der Waals surface area contributed by atoms with E-state index < -0.39 is 10.0 Å². The van der Waals surface area contributed by atoms with Gasteiger partial charge in [0.1, 0.15) is 23.2 Å². The first-order chi connectivity index (χ1) is 22.1. The predicted molar refractivity (Wildman–Crippen MR) is 185 cm³/mol. The lowest BCUT2D eigenvalue weighted by Crippen LogP contribution is -2.42. The van der Waals surface area contributed by atoms with Gasteiger partial charge in [-0.25, -0.2) is 13.1 Å². The minimum atomic E-state index is -3.81. The molecule has 0 saturated carbocycles. The van der Waals surface area contributed by atoms with Gasteiger partial charge < -0.3 is 19.4 Å². The van der Waals surface area contributed by atoms with Gasteiger partial charge in [0.15, 0.2) is 0 Å². The summed E-state index contributed by atoms with van der Waals surface area (Å²) in [6.45, 7) is 3.90. The maximum atomic E-state index is 12.8. The maximum absolute atomic E-state index is 12.8. The van der Waals surface area contributed by atoms with Crippen molar-refractivity contribution in [3.8, 4) is 11.5 Å². The molecule has 9 nitrogen and oxygen atoms in total. The SMILES string of the molecule is COc1ccc(CN(C(=N)CCc2ccccc2)C(=N)CNS(=O)(=O)c2ccc(C)cc2)c(OC)c1.Cc1c[nH]c2ccccc12.